The number of nitriles is 1. The average molecular weight is 212 g/mol. The van der Waals surface area contributed by atoms with Gasteiger partial charge in [0.15, 0.2) is 0 Å². The molecule has 1 aromatic heterocycles. The summed E-state index contributed by atoms with van der Waals surface area (Å²) in [6.07, 6.45) is 3.51. The second-order valence-electron chi connectivity index (χ2n) is 3.47. The lowest BCUT2D eigenvalue weighted by atomic mass is 10.1. The standard InChI is InChI=1S/C12H12N4/c13-5-10(6-14)16-12-8-15-7-9-3-1-2-4-11(9)12/h1-4,7-8,10,16H,5,13H2. The third-order valence-corrected chi connectivity index (χ3v) is 2.39. The van der Waals surface area contributed by atoms with E-state index in [1.165, 1.54) is 0 Å². The molecule has 0 radical (unpaired) electrons. The Bertz CT molecular complexity index is 525. The van der Waals surface area contributed by atoms with E-state index in [-0.39, 0.29) is 12.6 Å². The van der Waals surface area contributed by atoms with Gasteiger partial charge in [-0.1, -0.05) is 24.3 Å². The predicted octanol–water partition coefficient (Wildman–Crippen LogP) is 1.50. The van der Waals surface area contributed by atoms with Crippen LogP contribution in [0.25, 0.3) is 10.8 Å². The van der Waals surface area contributed by atoms with E-state index in [0.717, 1.165) is 16.5 Å². The van der Waals surface area contributed by atoms with Crippen LogP contribution < -0.4 is 11.1 Å². The lowest BCUT2D eigenvalue weighted by Gasteiger charge is -2.12. The molecule has 3 N–H and O–H groups in total. The SMILES string of the molecule is N#CC(CN)Nc1cncc2ccccc12. The van der Waals surface area contributed by atoms with Gasteiger partial charge >= 0.3 is 0 Å². The van der Waals surface area contributed by atoms with Gasteiger partial charge < -0.3 is 11.1 Å². The number of fused-ring (bicyclic) bond motifs is 1. The summed E-state index contributed by atoms with van der Waals surface area (Å²) in [7, 11) is 0. The van der Waals surface area contributed by atoms with Gasteiger partial charge in [-0.15, -0.1) is 0 Å². The summed E-state index contributed by atoms with van der Waals surface area (Å²) < 4.78 is 0. The van der Waals surface area contributed by atoms with Crippen molar-refractivity contribution in [1.82, 2.24) is 4.98 Å². The molecule has 16 heavy (non-hydrogen) atoms. The molecule has 80 valence electrons. The number of hydrogen-bond acceptors (Lipinski definition) is 4. The van der Waals surface area contributed by atoms with Crippen molar-refractivity contribution in [3.05, 3.63) is 36.7 Å². The first-order valence-electron chi connectivity index (χ1n) is 5.04. The van der Waals surface area contributed by atoms with Crippen molar-refractivity contribution in [2.75, 3.05) is 11.9 Å². The van der Waals surface area contributed by atoms with Crippen LogP contribution in [0.4, 0.5) is 5.69 Å². The van der Waals surface area contributed by atoms with Gasteiger partial charge in [-0.3, -0.25) is 4.98 Å². The Hall–Kier alpha value is -2.12. The molecule has 0 spiro atoms. The highest BCUT2D eigenvalue weighted by molar-refractivity contribution is 5.92. The summed E-state index contributed by atoms with van der Waals surface area (Å²) in [5.41, 5.74) is 6.31. The molecule has 4 heteroatoms. The van der Waals surface area contributed by atoms with E-state index in [0.29, 0.717) is 0 Å². The van der Waals surface area contributed by atoms with Crippen molar-refractivity contribution < 1.29 is 0 Å². The zero-order valence-corrected chi connectivity index (χ0v) is 8.72. The third-order valence-electron chi connectivity index (χ3n) is 2.39. The van der Waals surface area contributed by atoms with Crippen LogP contribution in [0, 0.1) is 11.3 Å². The molecule has 0 bridgehead atoms. The molecule has 2 rings (SSSR count). The number of nitrogens with zero attached hydrogens (tertiary/aromatic N) is 2. The number of hydrogen-bond donors (Lipinski definition) is 2. The number of rotatable bonds is 3. The van der Waals surface area contributed by atoms with Crippen LogP contribution in [-0.4, -0.2) is 17.6 Å². The largest absolute Gasteiger partial charge is 0.367 e. The van der Waals surface area contributed by atoms with Gasteiger partial charge in [-0.2, -0.15) is 5.26 Å². The van der Waals surface area contributed by atoms with Gasteiger partial charge in [0.25, 0.3) is 0 Å². The Kier molecular flexibility index (Phi) is 2.99. The molecule has 1 atom stereocenters. The highest BCUT2D eigenvalue weighted by atomic mass is 14.9. The molecule has 0 aliphatic rings. The molecule has 0 amide bonds. The fraction of sp³-hybridized carbons (Fsp3) is 0.167. The van der Waals surface area contributed by atoms with Crippen molar-refractivity contribution in [1.29, 1.82) is 5.26 Å². The molecule has 0 saturated carbocycles. The second kappa shape index (κ2) is 4.60. The summed E-state index contributed by atoms with van der Waals surface area (Å²) in [6, 6.07) is 9.61. The topological polar surface area (TPSA) is 74.7 Å². The minimum atomic E-state index is -0.382. The summed E-state index contributed by atoms with van der Waals surface area (Å²) in [4.78, 5) is 4.12. The normalized spacial score (nSPS) is 12.0. The maximum atomic E-state index is 8.85. The molecule has 1 unspecified atom stereocenters. The molecule has 2 aromatic rings. The van der Waals surface area contributed by atoms with Crippen molar-refractivity contribution in [2.24, 2.45) is 5.73 Å². The highest BCUT2D eigenvalue weighted by Crippen LogP contribution is 2.21. The Balaban J connectivity index is 2.41. The van der Waals surface area contributed by atoms with Crippen LogP contribution >= 0.6 is 0 Å². The summed E-state index contributed by atoms with van der Waals surface area (Å²) in [5, 5.41) is 14.0. The second-order valence-corrected chi connectivity index (χ2v) is 3.47. The maximum Gasteiger partial charge on any atom is 0.126 e. The lowest BCUT2D eigenvalue weighted by molar-refractivity contribution is 0.888. The van der Waals surface area contributed by atoms with E-state index in [1.54, 1.807) is 12.4 Å². The quantitative estimate of drug-likeness (QED) is 0.808. The first kappa shape index (κ1) is 10.4. The van der Waals surface area contributed by atoms with E-state index in [1.807, 2.05) is 24.3 Å². The van der Waals surface area contributed by atoms with Gasteiger partial charge in [0.1, 0.15) is 6.04 Å². The van der Waals surface area contributed by atoms with E-state index in [2.05, 4.69) is 16.4 Å². The third kappa shape index (κ3) is 1.95. The fourth-order valence-corrected chi connectivity index (χ4v) is 1.56. The monoisotopic (exact) mass is 212 g/mol. The smallest absolute Gasteiger partial charge is 0.126 e. The van der Waals surface area contributed by atoms with E-state index < -0.39 is 0 Å². The van der Waals surface area contributed by atoms with Gasteiger partial charge in [0.2, 0.25) is 0 Å². The van der Waals surface area contributed by atoms with Crippen LogP contribution in [0.15, 0.2) is 36.7 Å². The molecule has 0 saturated heterocycles. The minimum Gasteiger partial charge on any atom is -0.367 e. The van der Waals surface area contributed by atoms with Gasteiger partial charge in [-0.25, -0.2) is 0 Å². The molecule has 1 aromatic carbocycles. The zero-order valence-electron chi connectivity index (χ0n) is 8.72. The molecule has 4 nitrogen and oxygen atoms in total. The highest BCUT2D eigenvalue weighted by Gasteiger charge is 2.06. The Labute approximate surface area is 93.7 Å². The molecule has 0 aliphatic carbocycles. The zero-order chi connectivity index (χ0) is 11.4. The number of aromatic nitrogens is 1. The van der Waals surface area contributed by atoms with Crippen LogP contribution in [0.1, 0.15) is 0 Å². The van der Waals surface area contributed by atoms with Gasteiger partial charge in [0.05, 0.1) is 18.0 Å². The first-order valence-corrected chi connectivity index (χ1v) is 5.04. The molecule has 1 heterocycles. The Morgan fingerprint density at radius 1 is 1.38 bits per heavy atom. The van der Waals surface area contributed by atoms with Crippen molar-refractivity contribution in [2.45, 2.75) is 6.04 Å². The van der Waals surface area contributed by atoms with Crippen LogP contribution in [0.2, 0.25) is 0 Å². The summed E-state index contributed by atoms with van der Waals surface area (Å²) in [6.45, 7) is 0.278. The van der Waals surface area contributed by atoms with E-state index in [4.69, 9.17) is 11.0 Å². The minimum absolute atomic E-state index is 0.278. The molecular weight excluding hydrogens is 200 g/mol. The number of anilines is 1. The van der Waals surface area contributed by atoms with Crippen molar-refractivity contribution in [3.63, 3.8) is 0 Å². The Morgan fingerprint density at radius 2 is 2.19 bits per heavy atom. The summed E-state index contributed by atoms with van der Waals surface area (Å²) >= 11 is 0. The predicted molar refractivity (Wildman–Crippen MR) is 63.8 cm³/mol. The van der Waals surface area contributed by atoms with Crippen LogP contribution in [0.3, 0.4) is 0 Å². The lowest BCUT2D eigenvalue weighted by Crippen LogP contribution is -2.27. The number of nitrogens with one attached hydrogen (secondary N) is 1. The van der Waals surface area contributed by atoms with Crippen molar-refractivity contribution in [3.8, 4) is 6.07 Å². The molecular formula is C12H12N4. The van der Waals surface area contributed by atoms with Crippen molar-refractivity contribution >= 4 is 16.5 Å². The van der Waals surface area contributed by atoms with E-state index in [9.17, 15) is 0 Å². The molecule has 0 aliphatic heterocycles. The number of benzene rings is 1. The number of pyridine rings is 1. The Morgan fingerprint density at radius 3 is 2.94 bits per heavy atom. The van der Waals surface area contributed by atoms with Gasteiger partial charge in [0, 0.05) is 23.5 Å². The van der Waals surface area contributed by atoms with Gasteiger partial charge in [-0.05, 0) is 0 Å². The first-order chi connectivity index (χ1) is 7.85. The van der Waals surface area contributed by atoms with Crippen LogP contribution in [-0.2, 0) is 0 Å². The maximum absolute atomic E-state index is 8.85. The van der Waals surface area contributed by atoms with Crippen LogP contribution in [0.5, 0.6) is 0 Å². The molecule has 0 fully saturated rings. The number of nitrogens with two attached hydrogens (primary N) is 1. The average Bonchev–Trinajstić information content (AvgIpc) is 2.36. The fourth-order valence-electron chi connectivity index (χ4n) is 1.56. The van der Waals surface area contributed by atoms with E-state index >= 15 is 0 Å². The summed E-state index contributed by atoms with van der Waals surface area (Å²) in [5.74, 6) is 0.